The first-order valence-corrected chi connectivity index (χ1v) is 6.76. The van der Waals surface area contributed by atoms with Gasteiger partial charge in [0, 0.05) is 29.3 Å². The largest absolute Gasteiger partial charge is 0.349 e. The lowest BCUT2D eigenvalue weighted by Crippen LogP contribution is -2.46. The molecule has 0 aliphatic carbocycles. The third kappa shape index (κ3) is 3.33. The van der Waals surface area contributed by atoms with Crippen LogP contribution in [0.3, 0.4) is 0 Å². The number of benzene rings is 1. The number of rotatable bonds is 3. The van der Waals surface area contributed by atoms with Crippen molar-refractivity contribution in [3.05, 3.63) is 39.4 Å². The Balaban J connectivity index is 2.05. The van der Waals surface area contributed by atoms with Gasteiger partial charge in [0.25, 0.3) is 11.6 Å². The standard InChI is InChI=1S/C14H19N3O3/c1-9-7-11(3-4-13(9)17(19)20)14(18)16-12-5-6-15-10(2)8-12/h3-4,7,10,12,15H,5-6,8H2,1-2H3,(H,16,18). The van der Waals surface area contributed by atoms with Crippen molar-refractivity contribution >= 4 is 11.6 Å². The second-order valence-electron chi connectivity index (χ2n) is 5.31. The van der Waals surface area contributed by atoms with Crippen molar-refractivity contribution in [3.63, 3.8) is 0 Å². The Hall–Kier alpha value is -1.95. The molecule has 108 valence electrons. The SMILES string of the molecule is Cc1cc(C(=O)NC2CCNC(C)C2)ccc1[N+](=O)[O-]. The average Bonchev–Trinajstić information content (AvgIpc) is 2.38. The van der Waals surface area contributed by atoms with Gasteiger partial charge in [-0.05, 0) is 45.4 Å². The van der Waals surface area contributed by atoms with Crippen LogP contribution >= 0.6 is 0 Å². The molecule has 1 aromatic carbocycles. The summed E-state index contributed by atoms with van der Waals surface area (Å²) in [7, 11) is 0. The Bertz CT molecular complexity index is 530. The number of nitro groups is 1. The summed E-state index contributed by atoms with van der Waals surface area (Å²) in [6.07, 6.45) is 1.81. The highest BCUT2D eigenvalue weighted by Gasteiger charge is 2.21. The number of aryl methyl sites for hydroxylation is 1. The number of nitro benzene ring substituents is 1. The van der Waals surface area contributed by atoms with Crippen molar-refractivity contribution in [2.45, 2.75) is 38.8 Å². The summed E-state index contributed by atoms with van der Waals surface area (Å²) in [6, 6.07) is 5.01. The molecule has 1 amide bonds. The minimum Gasteiger partial charge on any atom is -0.349 e. The van der Waals surface area contributed by atoms with Gasteiger partial charge in [0.05, 0.1) is 4.92 Å². The number of hydrogen-bond donors (Lipinski definition) is 2. The molecule has 0 bridgehead atoms. The number of amides is 1. The van der Waals surface area contributed by atoms with E-state index >= 15 is 0 Å². The third-order valence-corrected chi connectivity index (χ3v) is 3.61. The minimum absolute atomic E-state index is 0.0389. The van der Waals surface area contributed by atoms with Crippen LogP contribution in [0.5, 0.6) is 0 Å². The molecule has 6 heteroatoms. The third-order valence-electron chi connectivity index (χ3n) is 3.61. The summed E-state index contributed by atoms with van der Waals surface area (Å²) in [5.41, 5.74) is 1.01. The zero-order chi connectivity index (χ0) is 14.7. The molecule has 1 fully saturated rings. The zero-order valence-electron chi connectivity index (χ0n) is 11.7. The number of piperidine rings is 1. The highest BCUT2D eigenvalue weighted by molar-refractivity contribution is 5.94. The summed E-state index contributed by atoms with van der Waals surface area (Å²) in [6.45, 7) is 4.63. The molecule has 6 nitrogen and oxygen atoms in total. The highest BCUT2D eigenvalue weighted by atomic mass is 16.6. The Morgan fingerprint density at radius 1 is 1.50 bits per heavy atom. The van der Waals surface area contributed by atoms with E-state index in [0.29, 0.717) is 17.2 Å². The molecule has 0 saturated carbocycles. The zero-order valence-corrected chi connectivity index (χ0v) is 11.7. The molecule has 0 radical (unpaired) electrons. The van der Waals surface area contributed by atoms with E-state index in [0.717, 1.165) is 19.4 Å². The molecule has 2 rings (SSSR count). The van der Waals surface area contributed by atoms with Gasteiger partial charge >= 0.3 is 0 Å². The van der Waals surface area contributed by atoms with E-state index in [1.165, 1.54) is 12.1 Å². The predicted molar refractivity (Wildman–Crippen MR) is 75.8 cm³/mol. The van der Waals surface area contributed by atoms with Crippen LogP contribution < -0.4 is 10.6 Å². The monoisotopic (exact) mass is 277 g/mol. The maximum Gasteiger partial charge on any atom is 0.272 e. The first-order chi connectivity index (χ1) is 9.47. The molecule has 0 spiro atoms. The first kappa shape index (κ1) is 14.5. The molecular weight excluding hydrogens is 258 g/mol. The van der Waals surface area contributed by atoms with Crippen LogP contribution in [0.2, 0.25) is 0 Å². The Kier molecular flexibility index (Phi) is 4.34. The molecule has 1 aliphatic heterocycles. The maximum atomic E-state index is 12.2. The van der Waals surface area contributed by atoms with E-state index in [1.54, 1.807) is 13.0 Å². The smallest absolute Gasteiger partial charge is 0.272 e. The fourth-order valence-corrected chi connectivity index (χ4v) is 2.53. The summed E-state index contributed by atoms with van der Waals surface area (Å²) < 4.78 is 0. The predicted octanol–water partition coefficient (Wildman–Crippen LogP) is 1.77. The molecular formula is C14H19N3O3. The van der Waals surface area contributed by atoms with Crippen molar-refractivity contribution in [3.8, 4) is 0 Å². The minimum atomic E-state index is -0.439. The number of nitrogens with zero attached hydrogens (tertiary/aromatic N) is 1. The topological polar surface area (TPSA) is 84.3 Å². The lowest BCUT2D eigenvalue weighted by atomic mass is 10.00. The molecule has 1 heterocycles. The lowest BCUT2D eigenvalue weighted by molar-refractivity contribution is -0.385. The molecule has 1 saturated heterocycles. The van der Waals surface area contributed by atoms with E-state index < -0.39 is 4.92 Å². The fourth-order valence-electron chi connectivity index (χ4n) is 2.53. The van der Waals surface area contributed by atoms with E-state index in [1.807, 2.05) is 0 Å². The fraction of sp³-hybridized carbons (Fsp3) is 0.500. The summed E-state index contributed by atoms with van der Waals surface area (Å²) in [5.74, 6) is -0.165. The van der Waals surface area contributed by atoms with E-state index in [2.05, 4.69) is 17.6 Å². The summed E-state index contributed by atoms with van der Waals surface area (Å²) >= 11 is 0. The Morgan fingerprint density at radius 2 is 2.25 bits per heavy atom. The van der Waals surface area contributed by atoms with Crippen LogP contribution in [-0.2, 0) is 0 Å². The molecule has 2 N–H and O–H groups in total. The van der Waals surface area contributed by atoms with Gasteiger partial charge in [-0.1, -0.05) is 0 Å². The van der Waals surface area contributed by atoms with Gasteiger partial charge in [-0.15, -0.1) is 0 Å². The van der Waals surface area contributed by atoms with Crippen molar-refractivity contribution in [2.75, 3.05) is 6.54 Å². The van der Waals surface area contributed by atoms with Crippen LogP contribution in [0.1, 0.15) is 35.7 Å². The molecule has 2 unspecified atom stereocenters. The van der Waals surface area contributed by atoms with Crippen LogP contribution in [0.4, 0.5) is 5.69 Å². The maximum absolute atomic E-state index is 12.2. The molecule has 0 aromatic heterocycles. The van der Waals surface area contributed by atoms with Crippen molar-refractivity contribution in [1.82, 2.24) is 10.6 Å². The van der Waals surface area contributed by atoms with Crippen LogP contribution in [-0.4, -0.2) is 29.5 Å². The second kappa shape index (κ2) is 6.00. The quantitative estimate of drug-likeness (QED) is 0.651. The van der Waals surface area contributed by atoms with Gasteiger partial charge in [-0.2, -0.15) is 0 Å². The van der Waals surface area contributed by atoms with Gasteiger partial charge in [0.1, 0.15) is 0 Å². The van der Waals surface area contributed by atoms with Crippen molar-refractivity contribution < 1.29 is 9.72 Å². The molecule has 20 heavy (non-hydrogen) atoms. The number of carbonyl (C=O) groups is 1. The normalized spacial score (nSPS) is 22.3. The summed E-state index contributed by atoms with van der Waals surface area (Å²) in [4.78, 5) is 22.5. The van der Waals surface area contributed by atoms with Gasteiger partial charge < -0.3 is 10.6 Å². The van der Waals surface area contributed by atoms with Gasteiger partial charge in [-0.25, -0.2) is 0 Å². The van der Waals surface area contributed by atoms with E-state index in [-0.39, 0.29) is 17.6 Å². The average molecular weight is 277 g/mol. The lowest BCUT2D eigenvalue weighted by Gasteiger charge is -2.28. The number of nitrogens with one attached hydrogen (secondary N) is 2. The highest BCUT2D eigenvalue weighted by Crippen LogP contribution is 2.19. The Labute approximate surface area is 117 Å². The van der Waals surface area contributed by atoms with Gasteiger partial charge in [0.15, 0.2) is 0 Å². The molecule has 1 aromatic rings. The van der Waals surface area contributed by atoms with E-state index in [4.69, 9.17) is 0 Å². The second-order valence-corrected chi connectivity index (χ2v) is 5.31. The van der Waals surface area contributed by atoms with Crippen molar-refractivity contribution in [2.24, 2.45) is 0 Å². The molecule has 2 atom stereocenters. The Morgan fingerprint density at radius 3 is 2.85 bits per heavy atom. The number of hydrogen-bond acceptors (Lipinski definition) is 4. The van der Waals surface area contributed by atoms with Crippen LogP contribution in [0, 0.1) is 17.0 Å². The van der Waals surface area contributed by atoms with Crippen LogP contribution in [0.15, 0.2) is 18.2 Å². The van der Waals surface area contributed by atoms with Gasteiger partial charge in [-0.3, -0.25) is 14.9 Å². The first-order valence-electron chi connectivity index (χ1n) is 6.76. The number of carbonyl (C=O) groups excluding carboxylic acids is 1. The van der Waals surface area contributed by atoms with Crippen molar-refractivity contribution in [1.29, 1.82) is 0 Å². The van der Waals surface area contributed by atoms with E-state index in [9.17, 15) is 14.9 Å². The van der Waals surface area contributed by atoms with Crippen LogP contribution in [0.25, 0.3) is 0 Å². The van der Waals surface area contributed by atoms with Gasteiger partial charge in [0.2, 0.25) is 0 Å². The molecule has 1 aliphatic rings. The summed E-state index contributed by atoms with van der Waals surface area (Å²) in [5, 5.41) is 17.1.